The van der Waals surface area contributed by atoms with Crippen molar-refractivity contribution in [3.05, 3.63) is 12.2 Å². The number of unbranched alkanes of at least 4 members (excludes halogenated alkanes) is 16. The van der Waals surface area contributed by atoms with Crippen molar-refractivity contribution >= 4 is 5.97 Å². The van der Waals surface area contributed by atoms with E-state index in [0.717, 1.165) is 18.8 Å². The molecule has 0 saturated carbocycles. The zero-order valence-corrected chi connectivity index (χ0v) is 23.8. The number of nitrogens with zero attached hydrogens (tertiary/aromatic N) is 1. The molecule has 1 unspecified atom stereocenters. The average molecular weight is 480 g/mol. The number of esters is 1. The van der Waals surface area contributed by atoms with Gasteiger partial charge in [0.2, 0.25) is 0 Å². The first-order valence-corrected chi connectivity index (χ1v) is 15.0. The highest BCUT2D eigenvalue weighted by Crippen LogP contribution is 2.20. The Hall–Kier alpha value is -0.830. The SMILES string of the molecule is CCCCCCC(CCCCCCCCCC/C=C\CCCCCCCC(=O)OC)CN(C)C. The topological polar surface area (TPSA) is 29.5 Å². The van der Waals surface area contributed by atoms with Crippen LogP contribution in [0.2, 0.25) is 0 Å². The first-order valence-electron chi connectivity index (χ1n) is 15.0. The molecule has 0 radical (unpaired) electrons. The summed E-state index contributed by atoms with van der Waals surface area (Å²) < 4.78 is 4.67. The van der Waals surface area contributed by atoms with Gasteiger partial charge in [-0.2, -0.15) is 0 Å². The van der Waals surface area contributed by atoms with Gasteiger partial charge in [-0.05, 0) is 65.0 Å². The second-order valence-corrected chi connectivity index (χ2v) is 10.7. The van der Waals surface area contributed by atoms with E-state index in [-0.39, 0.29) is 5.97 Å². The minimum Gasteiger partial charge on any atom is -0.469 e. The van der Waals surface area contributed by atoms with Crippen LogP contribution in [0, 0.1) is 5.92 Å². The van der Waals surface area contributed by atoms with E-state index in [4.69, 9.17) is 0 Å². The van der Waals surface area contributed by atoms with E-state index in [2.05, 4.69) is 42.8 Å². The van der Waals surface area contributed by atoms with Crippen LogP contribution in [0.5, 0.6) is 0 Å². The van der Waals surface area contributed by atoms with Gasteiger partial charge in [0.25, 0.3) is 0 Å². The van der Waals surface area contributed by atoms with Crippen molar-refractivity contribution in [1.29, 1.82) is 0 Å². The molecule has 0 N–H and O–H groups in total. The van der Waals surface area contributed by atoms with Gasteiger partial charge in [0, 0.05) is 13.0 Å². The van der Waals surface area contributed by atoms with Crippen LogP contribution in [0.4, 0.5) is 0 Å². The highest BCUT2D eigenvalue weighted by Gasteiger charge is 2.09. The molecule has 1 atom stereocenters. The first-order chi connectivity index (χ1) is 16.6. The van der Waals surface area contributed by atoms with E-state index in [1.807, 2.05) is 0 Å². The molecular weight excluding hydrogens is 418 g/mol. The Balaban J connectivity index is 3.40. The van der Waals surface area contributed by atoms with Gasteiger partial charge in [-0.1, -0.05) is 109 Å². The van der Waals surface area contributed by atoms with Crippen LogP contribution in [-0.2, 0) is 9.53 Å². The fourth-order valence-corrected chi connectivity index (χ4v) is 4.86. The maximum absolute atomic E-state index is 11.0. The second-order valence-electron chi connectivity index (χ2n) is 10.7. The molecule has 0 rings (SSSR count). The van der Waals surface area contributed by atoms with Crippen molar-refractivity contribution in [2.75, 3.05) is 27.7 Å². The Bertz CT molecular complexity index is 447. The van der Waals surface area contributed by atoms with Crippen LogP contribution in [-0.4, -0.2) is 38.6 Å². The smallest absolute Gasteiger partial charge is 0.305 e. The Labute approximate surface area is 214 Å². The molecule has 3 nitrogen and oxygen atoms in total. The van der Waals surface area contributed by atoms with Gasteiger partial charge in [0.1, 0.15) is 0 Å². The summed E-state index contributed by atoms with van der Waals surface area (Å²) in [4.78, 5) is 13.4. The molecule has 0 aliphatic carbocycles. The number of hydrogen-bond donors (Lipinski definition) is 0. The van der Waals surface area contributed by atoms with Gasteiger partial charge in [-0.25, -0.2) is 0 Å². The first kappa shape index (κ1) is 33.2. The van der Waals surface area contributed by atoms with Gasteiger partial charge >= 0.3 is 5.97 Å². The van der Waals surface area contributed by atoms with E-state index >= 15 is 0 Å². The highest BCUT2D eigenvalue weighted by molar-refractivity contribution is 5.68. The van der Waals surface area contributed by atoms with Crippen LogP contribution in [0.15, 0.2) is 12.2 Å². The van der Waals surface area contributed by atoms with Crippen molar-refractivity contribution in [1.82, 2.24) is 4.90 Å². The number of ether oxygens (including phenoxy) is 1. The van der Waals surface area contributed by atoms with Crippen molar-refractivity contribution in [3.63, 3.8) is 0 Å². The zero-order chi connectivity index (χ0) is 25.1. The molecular formula is C31H61NO2. The third kappa shape index (κ3) is 25.8. The van der Waals surface area contributed by atoms with E-state index < -0.39 is 0 Å². The molecule has 0 aromatic carbocycles. The monoisotopic (exact) mass is 479 g/mol. The maximum Gasteiger partial charge on any atom is 0.305 e. The Kier molecular flexibility index (Phi) is 26.1. The third-order valence-electron chi connectivity index (χ3n) is 6.97. The van der Waals surface area contributed by atoms with Crippen LogP contribution in [0.3, 0.4) is 0 Å². The van der Waals surface area contributed by atoms with Gasteiger partial charge in [-0.15, -0.1) is 0 Å². The van der Waals surface area contributed by atoms with Crippen LogP contribution in [0.1, 0.15) is 148 Å². The summed E-state index contributed by atoms with van der Waals surface area (Å²) in [7, 11) is 5.93. The van der Waals surface area contributed by atoms with Gasteiger partial charge in [0.15, 0.2) is 0 Å². The molecule has 0 aliphatic heterocycles. The molecule has 0 aromatic heterocycles. The minimum absolute atomic E-state index is 0.0735. The highest BCUT2D eigenvalue weighted by atomic mass is 16.5. The Morgan fingerprint density at radius 1 is 0.676 bits per heavy atom. The maximum atomic E-state index is 11.0. The Morgan fingerprint density at radius 3 is 1.59 bits per heavy atom. The summed E-state index contributed by atoms with van der Waals surface area (Å²) in [5.41, 5.74) is 0. The lowest BCUT2D eigenvalue weighted by Crippen LogP contribution is -2.21. The fraction of sp³-hybridized carbons (Fsp3) is 0.903. The molecule has 0 amide bonds. The summed E-state index contributed by atoms with van der Waals surface area (Å²) in [5.74, 6) is 0.841. The van der Waals surface area contributed by atoms with Gasteiger partial charge in [0.05, 0.1) is 7.11 Å². The predicted octanol–water partition coefficient (Wildman–Crippen LogP) is 9.50. The number of carbonyl (C=O) groups excluding carboxylic acids is 1. The summed E-state index contributed by atoms with van der Waals surface area (Å²) in [6.45, 7) is 3.58. The standard InChI is InChI=1S/C31H61NO2/c1-5-6-7-23-26-30(29-32(2)3)27-24-21-19-17-15-13-11-9-8-10-12-14-16-18-20-22-25-28-31(33)34-4/h10,12,30H,5-9,11,13-29H2,1-4H3/b12-10-. The quantitative estimate of drug-likeness (QED) is 0.0702. The van der Waals surface area contributed by atoms with Crippen LogP contribution >= 0.6 is 0 Å². The number of rotatable bonds is 26. The number of methoxy groups -OCH3 is 1. The predicted molar refractivity (Wildman–Crippen MR) is 150 cm³/mol. The normalized spacial score (nSPS) is 12.6. The summed E-state index contributed by atoms with van der Waals surface area (Å²) in [5, 5.41) is 0. The molecule has 0 aliphatic rings. The minimum atomic E-state index is -0.0735. The van der Waals surface area contributed by atoms with E-state index in [0.29, 0.717) is 6.42 Å². The summed E-state index contributed by atoms with van der Waals surface area (Å²) in [6, 6.07) is 0. The van der Waals surface area contributed by atoms with E-state index in [9.17, 15) is 4.79 Å². The molecule has 0 aromatic rings. The second kappa shape index (κ2) is 26.8. The zero-order valence-electron chi connectivity index (χ0n) is 23.8. The van der Waals surface area contributed by atoms with Gasteiger partial charge in [-0.3, -0.25) is 4.79 Å². The van der Waals surface area contributed by atoms with E-state index in [1.54, 1.807) is 0 Å². The summed E-state index contributed by atoms with van der Waals surface area (Å²) in [6.07, 6.45) is 33.6. The molecule has 0 bridgehead atoms. The molecule has 0 fully saturated rings. The van der Waals surface area contributed by atoms with Crippen molar-refractivity contribution < 1.29 is 9.53 Å². The molecule has 0 spiro atoms. The number of carbonyl (C=O) groups is 1. The Morgan fingerprint density at radius 2 is 1.12 bits per heavy atom. The molecule has 0 heterocycles. The lowest BCUT2D eigenvalue weighted by Gasteiger charge is -2.21. The molecule has 3 heteroatoms. The largest absolute Gasteiger partial charge is 0.469 e. The third-order valence-corrected chi connectivity index (χ3v) is 6.97. The van der Waals surface area contributed by atoms with Crippen molar-refractivity contribution in [2.24, 2.45) is 5.92 Å². The average Bonchev–Trinajstić information content (AvgIpc) is 2.82. The number of hydrogen-bond acceptors (Lipinski definition) is 3. The lowest BCUT2D eigenvalue weighted by atomic mass is 9.94. The number of allylic oxidation sites excluding steroid dienone is 2. The van der Waals surface area contributed by atoms with Gasteiger partial charge < -0.3 is 9.64 Å². The molecule has 202 valence electrons. The van der Waals surface area contributed by atoms with Crippen LogP contribution < -0.4 is 0 Å². The lowest BCUT2D eigenvalue weighted by molar-refractivity contribution is -0.140. The van der Waals surface area contributed by atoms with Crippen molar-refractivity contribution in [3.8, 4) is 0 Å². The van der Waals surface area contributed by atoms with Crippen LogP contribution in [0.25, 0.3) is 0 Å². The summed E-state index contributed by atoms with van der Waals surface area (Å²) >= 11 is 0. The molecule has 0 saturated heterocycles. The van der Waals surface area contributed by atoms with E-state index in [1.165, 1.54) is 136 Å². The van der Waals surface area contributed by atoms with Crippen molar-refractivity contribution in [2.45, 2.75) is 148 Å². The molecule has 34 heavy (non-hydrogen) atoms. The fourth-order valence-electron chi connectivity index (χ4n) is 4.86.